The molecule has 1 heterocycles. The third-order valence-electron chi connectivity index (χ3n) is 3.82. The maximum absolute atomic E-state index is 12.6. The SMILES string of the molecule is CN(C)C(=O)c1ccc(NS(=O)(=O)c2nnc(NC(=O)c3ccc(Cl)cc3Cl)s2)cc1. The van der Waals surface area contributed by atoms with Crippen molar-refractivity contribution in [2.75, 3.05) is 24.1 Å². The van der Waals surface area contributed by atoms with E-state index in [1.54, 1.807) is 14.1 Å². The van der Waals surface area contributed by atoms with E-state index in [2.05, 4.69) is 20.2 Å². The van der Waals surface area contributed by atoms with Gasteiger partial charge in [0.1, 0.15) is 0 Å². The number of anilines is 2. The number of hydrogen-bond acceptors (Lipinski definition) is 7. The number of benzene rings is 2. The molecular formula is C18H15Cl2N5O4S2. The molecule has 13 heteroatoms. The van der Waals surface area contributed by atoms with Gasteiger partial charge in [-0.25, -0.2) is 0 Å². The zero-order valence-corrected chi connectivity index (χ0v) is 19.2. The third-order valence-corrected chi connectivity index (χ3v) is 6.96. The molecule has 1 aromatic heterocycles. The van der Waals surface area contributed by atoms with E-state index in [9.17, 15) is 18.0 Å². The van der Waals surface area contributed by atoms with Crippen LogP contribution in [0.3, 0.4) is 0 Å². The Kier molecular flexibility index (Phi) is 6.80. The van der Waals surface area contributed by atoms with Gasteiger partial charge in [-0.1, -0.05) is 34.5 Å². The minimum atomic E-state index is -4.05. The van der Waals surface area contributed by atoms with Crippen LogP contribution in [0.25, 0.3) is 0 Å². The summed E-state index contributed by atoms with van der Waals surface area (Å²) < 4.78 is 27.1. The Labute approximate surface area is 192 Å². The van der Waals surface area contributed by atoms with E-state index < -0.39 is 15.9 Å². The molecule has 2 amide bonds. The summed E-state index contributed by atoms with van der Waals surface area (Å²) in [6.45, 7) is 0. The fourth-order valence-electron chi connectivity index (χ4n) is 2.34. The largest absolute Gasteiger partial charge is 0.345 e. The van der Waals surface area contributed by atoms with Crippen LogP contribution < -0.4 is 10.0 Å². The van der Waals surface area contributed by atoms with Gasteiger partial charge >= 0.3 is 0 Å². The number of nitrogens with zero attached hydrogens (tertiary/aromatic N) is 3. The molecule has 3 rings (SSSR count). The van der Waals surface area contributed by atoms with E-state index in [1.807, 2.05) is 0 Å². The number of carbonyl (C=O) groups is 2. The van der Waals surface area contributed by atoms with Crippen LogP contribution in [-0.4, -0.2) is 49.4 Å². The molecule has 0 aliphatic carbocycles. The Morgan fingerprint density at radius 2 is 1.71 bits per heavy atom. The molecule has 0 aliphatic rings. The summed E-state index contributed by atoms with van der Waals surface area (Å²) in [7, 11) is -0.818. The first-order valence-corrected chi connectivity index (χ1v) is 11.6. The van der Waals surface area contributed by atoms with Gasteiger partial charge in [-0.05, 0) is 42.5 Å². The van der Waals surface area contributed by atoms with Crippen LogP contribution in [0.5, 0.6) is 0 Å². The van der Waals surface area contributed by atoms with Crippen molar-refractivity contribution in [1.29, 1.82) is 0 Å². The summed E-state index contributed by atoms with van der Waals surface area (Å²) in [6.07, 6.45) is 0. The highest BCUT2D eigenvalue weighted by Gasteiger charge is 2.22. The van der Waals surface area contributed by atoms with Gasteiger partial charge in [0.25, 0.3) is 26.2 Å². The number of amides is 2. The first-order valence-electron chi connectivity index (χ1n) is 8.51. The minimum absolute atomic E-state index is 0.0247. The molecule has 0 saturated heterocycles. The summed E-state index contributed by atoms with van der Waals surface area (Å²) in [6, 6.07) is 10.3. The summed E-state index contributed by atoms with van der Waals surface area (Å²) >= 11 is 12.5. The molecular weight excluding hydrogens is 485 g/mol. The summed E-state index contributed by atoms with van der Waals surface area (Å²) in [5, 5.41) is 10.3. The fraction of sp³-hybridized carbons (Fsp3) is 0.111. The van der Waals surface area contributed by atoms with Gasteiger partial charge in [0.05, 0.1) is 10.6 Å². The first kappa shape index (κ1) is 22.9. The predicted octanol–water partition coefficient (Wildman–Crippen LogP) is 3.60. The molecule has 0 fully saturated rings. The Hall–Kier alpha value is -2.73. The number of carbonyl (C=O) groups excluding carboxylic acids is 2. The van der Waals surface area contributed by atoms with Gasteiger partial charge in [0.15, 0.2) is 0 Å². The number of nitrogens with one attached hydrogen (secondary N) is 2. The second-order valence-electron chi connectivity index (χ2n) is 6.33. The first-order chi connectivity index (χ1) is 14.6. The highest BCUT2D eigenvalue weighted by atomic mass is 35.5. The molecule has 0 bridgehead atoms. The lowest BCUT2D eigenvalue weighted by molar-refractivity contribution is 0.0827. The Morgan fingerprint density at radius 3 is 2.32 bits per heavy atom. The van der Waals surface area contributed by atoms with E-state index in [1.165, 1.54) is 47.4 Å². The molecule has 0 spiro atoms. The van der Waals surface area contributed by atoms with Crippen LogP contribution in [0.4, 0.5) is 10.8 Å². The Bertz CT molecular complexity index is 1240. The van der Waals surface area contributed by atoms with Crippen LogP contribution in [0.2, 0.25) is 10.0 Å². The number of aromatic nitrogens is 2. The molecule has 0 saturated carbocycles. The van der Waals surface area contributed by atoms with E-state index in [-0.39, 0.29) is 31.7 Å². The quantitative estimate of drug-likeness (QED) is 0.499. The maximum atomic E-state index is 12.6. The molecule has 0 radical (unpaired) electrons. The van der Waals surface area contributed by atoms with E-state index >= 15 is 0 Å². The Morgan fingerprint density at radius 1 is 1.03 bits per heavy atom. The van der Waals surface area contributed by atoms with Crippen molar-refractivity contribution in [3.8, 4) is 0 Å². The lowest BCUT2D eigenvalue weighted by Gasteiger charge is -2.11. The lowest BCUT2D eigenvalue weighted by Crippen LogP contribution is -2.21. The van der Waals surface area contributed by atoms with Crippen LogP contribution in [-0.2, 0) is 10.0 Å². The number of sulfonamides is 1. The molecule has 2 N–H and O–H groups in total. The smallest absolute Gasteiger partial charge is 0.291 e. The predicted molar refractivity (Wildman–Crippen MR) is 120 cm³/mol. The lowest BCUT2D eigenvalue weighted by atomic mass is 10.2. The monoisotopic (exact) mass is 499 g/mol. The number of halogens is 2. The third kappa shape index (κ3) is 5.50. The Balaban J connectivity index is 1.72. The van der Waals surface area contributed by atoms with Gasteiger partial charge in [-0.2, -0.15) is 8.42 Å². The van der Waals surface area contributed by atoms with Crippen molar-refractivity contribution in [1.82, 2.24) is 15.1 Å². The zero-order valence-electron chi connectivity index (χ0n) is 16.1. The van der Waals surface area contributed by atoms with Crippen molar-refractivity contribution in [3.05, 3.63) is 63.6 Å². The molecule has 0 unspecified atom stereocenters. The van der Waals surface area contributed by atoms with E-state index in [0.717, 1.165) is 0 Å². The van der Waals surface area contributed by atoms with Crippen LogP contribution in [0, 0.1) is 0 Å². The molecule has 31 heavy (non-hydrogen) atoms. The molecule has 9 nitrogen and oxygen atoms in total. The average molecular weight is 500 g/mol. The van der Waals surface area contributed by atoms with E-state index in [4.69, 9.17) is 23.2 Å². The maximum Gasteiger partial charge on any atom is 0.291 e. The number of hydrogen-bond donors (Lipinski definition) is 2. The number of rotatable bonds is 6. The molecule has 3 aromatic rings. The van der Waals surface area contributed by atoms with Crippen LogP contribution in [0.1, 0.15) is 20.7 Å². The normalized spacial score (nSPS) is 11.1. The molecule has 0 atom stereocenters. The van der Waals surface area contributed by atoms with Crippen molar-refractivity contribution in [3.63, 3.8) is 0 Å². The van der Waals surface area contributed by atoms with Crippen molar-refractivity contribution in [2.24, 2.45) is 0 Å². The topological polar surface area (TPSA) is 121 Å². The molecule has 162 valence electrons. The zero-order chi connectivity index (χ0) is 22.8. The van der Waals surface area contributed by atoms with Gasteiger partial charge in [-0.15, -0.1) is 10.2 Å². The van der Waals surface area contributed by atoms with Crippen LogP contribution in [0.15, 0.2) is 46.8 Å². The highest BCUT2D eigenvalue weighted by Crippen LogP contribution is 2.25. The molecule has 0 aliphatic heterocycles. The summed E-state index contributed by atoms with van der Waals surface area (Å²) in [5.74, 6) is -0.796. The van der Waals surface area contributed by atoms with E-state index in [0.29, 0.717) is 21.9 Å². The highest BCUT2D eigenvalue weighted by molar-refractivity contribution is 7.94. The van der Waals surface area contributed by atoms with Crippen molar-refractivity contribution >= 4 is 67.2 Å². The van der Waals surface area contributed by atoms with Gasteiger partial charge in [0, 0.05) is 30.4 Å². The standard InChI is InChI=1S/C18H15Cl2N5O4S2/c1-25(2)16(27)10-3-6-12(7-4-10)24-31(28,29)18-23-22-17(30-18)21-15(26)13-8-5-11(19)9-14(13)20/h3-9,24H,1-2H3,(H,21,22,26). The van der Waals surface area contributed by atoms with Gasteiger partial charge in [-0.3, -0.25) is 19.6 Å². The van der Waals surface area contributed by atoms with Gasteiger partial charge < -0.3 is 4.90 Å². The fourth-order valence-corrected chi connectivity index (χ4v) is 4.79. The second-order valence-corrected chi connectivity index (χ2v) is 10.0. The van der Waals surface area contributed by atoms with Crippen LogP contribution >= 0.6 is 34.5 Å². The van der Waals surface area contributed by atoms with Gasteiger partial charge in [0.2, 0.25) is 5.13 Å². The minimum Gasteiger partial charge on any atom is -0.345 e. The van der Waals surface area contributed by atoms with Crippen molar-refractivity contribution < 1.29 is 18.0 Å². The summed E-state index contributed by atoms with van der Waals surface area (Å²) in [4.78, 5) is 25.7. The second kappa shape index (κ2) is 9.18. The average Bonchev–Trinajstić information content (AvgIpc) is 3.17. The molecule has 2 aromatic carbocycles. The van der Waals surface area contributed by atoms with Crippen molar-refractivity contribution in [2.45, 2.75) is 4.34 Å². The summed E-state index contributed by atoms with van der Waals surface area (Å²) in [5.41, 5.74) is 0.801.